The second kappa shape index (κ2) is 6.47. The molecular formula is C18H22N6. The van der Waals surface area contributed by atoms with Gasteiger partial charge in [-0.25, -0.2) is 0 Å². The van der Waals surface area contributed by atoms with Gasteiger partial charge in [-0.15, -0.1) is 0 Å². The first kappa shape index (κ1) is 14.9. The van der Waals surface area contributed by atoms with Crippen molar-refractivity contribution in [3.8, 4) is 0 Å². The number of fused-ring (bicyclic) bond motifs is 1. The van der Waals surface area contributed by atoms with Crippen LogP contribution in [0.15, 0.2) is 36.5 Å². The van der Waals surface area contributed by atoms with Gasteiger partial charge >= 0.3 is 0 Å². The number of anilines is 2. The van der Waals surface area contributed by atoms with Crippen LogP contribution in [0.2, 0.25) is 0 Å². The van der Waals surface area contributed by atoms with Crippen LogP contribution in [0.5, 0.6) is 0 Å². The summed E-state index contributed by atoms with van der Waals surface area (Å²) < 4.78 is 1.82. The summed E-state index contributed by atoms with van der Waals surface area (Å²) in [6.07, 6.45) is 5.55. The molecule has 2 aromatic heterocycles. The lowest BCUT2D eigenvalue weighted by atomic mass is 10.1. The summed E-state index contributed by atoms with van der Waals surface area (Å²) in [4.78, 5) is 11.8. The average molecular weight is 322 g/mol. The Labute approximate surface area is 141 Å². The third kappa shape index (κ3) is 2.91. The molecule has 0 saturated carbocycles. The van der Waals surface area contributed by atoms with Crippen molar-refractivity contribution in [2.45, 2.75) is 25.8 Å². The van der Waals surface area contributed by atoms with Crippen molar-refractivity contribution in [3.63, 3.8) is 0 Å². The van der Waals surface area contributed by atoms with Gasteiger partial charge in [0, 0.05) is 26.7 Å². The first-order chi connectivity index (χ1) is 11.8. The standard InChI is InChI=1S/C18H22N6/c1-23-17-15(13-20-23)16(19-12-14-8-4-2-5-9-14)21-18(22-17)24-10-6-3-7-11-24/h2,4-5,8-9,13H,3,6-7,10-12H2,1H3,(H,19,21,22). The van der Waals surface area contributed by atoms with Crippen molar-refractivity contribution in [2.24, 2.45) is 7.05 Å². The maximum Gasteiger partial charge on any atom is 0.229 e. The molecule has 0 atom stereocenters. The van der Waals surface area contributed by atoms with E-state index < -0.39 is 0 Å². The van der Waals surface area contributed by atoms with Crippen LogP contribution in [0.25, 0.3) is 11.0 Å². The van der Waals surface area contributed by atoms with Crippen LogP contribution >= 0.6 is 0 Å². The zero-order chi connectivity index (χ0) is 16.4. The van der Waals surface area contributed by atoms with E-state index >= 15 is 0 Å². The minimum Gasteiger partial charge on any atom is -0.365 e. The fraction of sp³-hybridized carbons (Fsp3) is 0.389. The van der Waals surface area contributed by atoms with Crippen molar-refractivity contribution < 1.29 is 0 Å². The molecule has 0 amide bonds. The molecule has 0 radical (unpaired) electrons. The Bertz CT molecular complexity index is 820. The molecule has 1 saturated heterocycles. The number of hydrogen-bond donors (Lipinski definition) is 1. The smallest absolute Gasteiger partial charge is 0.229 e. The van der Waals surface area contributed by atoms with Crippen LogP contribution in [-0.2, 0) is 13.6 Å². The Morgan fingerprint density at radius 3 is 2.62 bits per heavy atom. The lowest BCUT2D eigenvalue weighted by Gasteiger charge is -2.27. The summed E-state index contributed by atoms with van der Waals surface area (Å²) in [5.74, 6) is 1.67. The summed E-state index contributed by atoms with van der Waals surface area (Å²) >= 11 is 0. The summed E-state index contributed by atoms with van der Waals surface area (Å²) in [6.45, 7) is 2.80. The Kier molecular flexibility index (Phi) is 4.02. The predicted molar refractivity (Wildman–Crippen MR) is 96.1 cm³/mol. The number of aryl methyl sites for hydroxylation is 1. The zero-order valence-electron chi connectivity index (χ0n) is 13.9. The molecule has 3 aromatic rings. The normalized spacial score (nSPS) is 15.0. The van der Waals surface area contributed by atoms with Crippen LogP contribution < -0.4 is 10.2 Å². The molecule has 0 bridgehead atoms. The molecule has 0 aliphatic carbocycles. The first-order valence-corrected chi connectivity index (χ1v) is 8.54. The topological polar surface area (TPSA) is 58.9 Å². The van der Waals surface area contributed by atoms with Crippen molar-refractivity contribution in [1.29, 1.82) is 0 Å². The molecule has 6 heteroatoms. The van der Waals surface area contributed by atoms with Gasteiger partial charge in [-0.2, -0.15) is 15.1 Å². The SMILES string of the molecule is Cn1ncc2c(NCc3ccccc3)nc(N3CCCCC3)nc21. The Morgan fingerprint density at radius 2 is 1.83 bits per heavy atom. The quantitative estimate of drug-likeness (QED) is 0.800. The molecule has 1 aliphatic rings. The number of piperidine rings is 1. The molecule has 1 fully saturated rings. The largest absolute Gasteiger partial charge is 0.365 e. The number of nitrogens with one attached hydrogen (secondary N) is 1. The lowest BCUT2D eigenvalue weighted by molar-refractivity contribution is 0.568. The molecule has 6 nitrogen and oxygen atoms in total. The number of rotatable bonds is 4. The van der Waals surface area contributed by atoms with Crippen molar-refractivity contribution >= 4 is 22.8 Å². The first-order valence-electron chi connectivity index (χ1n) is 8.54. The molecular weight excluding hydrogens is 300 g/mol. The Morgan fingerprint density at radius 1 is 1.04 bits per heavy atom. The predicted octanol–water partition coefficient (Wildman–Crippen LogP) is 2.97. The Hall–Kier alpha value is -2.63. The Balaban J connectivity index is 1.67. The molecule has 1 aliphatic heterocycles. The van der Waals surface area contributed by atoms with Gasteiger partial charge in [0.25, 0.3) is 0 Å². The average Bonchev–Trinajstić information content (AvgIpc) is 3.02. The van der Waals surface area contributed by atoms with Gasteiger partial charge in [0.05, 0.1) is 11.6 Å². The van der Waals surface area contributed by atoms with E-state index in [0.29, 0.717) is 0 Å². The van der Waals surface area contributed by atoms with E-state index in [1.807, 2.05) is 24.0 Å². The van der Waals surface area contributed by atoms with Crippen LogP contribution in [0.1, 0.15) is 24.8 Å². The second-order valence-corrected chi connectivity index (χ2v) is 6.26. The van der Waals surface area contributed by atoms with E-state index in [1.165, 1.54) is 24.8 Å². The van der Waals surface area contributed by atoms with Crippen LogP contribution in [-0.4, -0.2) is 32.8 Å². The zero-order valence-corrected chi connectivity index (χ0v) is 13.9. The third-order valence-corrected chi connectivity index (χ3v) is 4.52. The molecule has 124 valence electrons. The number of hydrogen-bond acceptors (Lipinski definition) is 5. The van der Waals surface area contributed by atoms with E-state index in [0.717, 1.165) is 42.4 Å². The van der Waals surface area contributed by atoms with E-state index in [2.05, 4.69) is 39.6 Å². The third-order valence-electron chi connectivity index (χ3n) is 4.52. The summed E-state index contributed by atoms with van der Waals surface area (Å²) in [5.41, 5.74) is 2.11. The van der Waals surface area contributed by atoms with Gasteiger partial charge in [0.15, 0.2) is 5.65 Å². The van der Waals surface area contributed by atoms with Gasteiger partial charge in [-0.3, -0.25) is 4.68 Å². The van der Waals surface area contributed by atoms with E-state index in [4.69, 9.17) is 9.97 Å². The van der Waals surface area contributed by atoms with Crippen LogP contribution in [0.4, 0.5) is 11.8 Å². The fourth-order valence-corrected chi connectivity index (χ4v) is 3.16. The fourth-order valence-electron chi connectivity index (χ4n) is 3.16. The highest BCUT2D eigenvalue weighted by atomic mass is 15.3. The molecule has 1 aromatic carbocycles. The van der Waals surface area contributed by atoms with E-state index in [1.54, 1.807) is 0 Å². The van der Waals surface area contributed by atoms with Gasteiger partial charge in [0.1, 0.15) is 5.82 Å². The van der Waals surface area contributed by atoms with Crippen LogP contribution in [0.3, 0.4) is 0 Å². The number of benzene rings is 1. The monoisotopic (exact) mass is 322 g/mol. The minimum atomic E-state index is 0.737. The van der Waals surface area contributed by atoms with E-state index in [9.17, 15) is 0 Å². The minimum absolute atomic E-state index is 0.737. The maximum atomic E-state index is 4.80. The van der Waals surface area contributed by atoms with Crippen molar-refractivity contribution in [3.05, 3.63) is 42.1 Å². The van der Waals surface area contributed by atoms with E-state index in [-0.39, 0.29) is 0 Å². The summed E-state index contributed by atoms with van der Waals surface area (Å²) in [5, 5.41) is 8.79. The highest BCUT2D eigenvalue weighted by Gasteiger charge is 2.18. The summed E-state index contributed by atoms with van der Waals surface area (Å²) in [6, 6.07) is 10.4. The summed E-state index contributed by atoms with van der Waals surface area (Å²) in [7, 11) is 1.93. The number of aromatic nitrogens is 4. The maximum absolute atomic E-state index is 4.80. The van der Waals surface area contributed by atoms with Gasteiger partial charge in [0.2, 0.25) is 5.95 Å². The van der Waals surface area contributed by atoms with Crippen LogP contribution in [0, 0.1) is 0 Å². The van der Waals surface area contributed by atoms with Crippen molar-refractivity contribution in [2.75, 3.05) is 23.3 Å². The molecule has 4 rings (SSSR count). The van der Waals surface area contributed by atoms with Gasteiger partial charge in [-0.1, -0.05) is 30.3 Å². The molecule has 0 unspecified atom stereocenters. The molecule has 3 heterocycles. The molecule has 0 spiro atoms. The van der Waals surface area contributed by atoms with Gasteiger partial charge < -0.3 is 10.2 Å². The van der Waals surface area contributed by atoms with Crippen molar-refractivity contribution in [1.82, 2.24) is 19.7 Å². The van der Waals surface area contributed by atoms with Gasteiger partial charge in [-0.05, 0) is 24.8 Å². The molecule has 24 heavy (non-hydrogen) atoms. The molecule has 1 N–H and O–H groups in total. The highest BCUT2D eigenvalue weighted by molar-refractivity contribution is 5.87. The number of nitrogens with zero attached hydrogens (tertiary/aromatic N) is 5. The highest BCUT2D eigenvalue weighted by Crippen LogP contribution is 2.25. The second-order valence-electron chi connectivity index (χ2n) is 6.26. The lowest BCUT2D eigenvalue weighted by Crippen LogP contribution is -2.31.